The van der Waals surface area contributed by atoms with E-state index in [9.17, 15) is 19.1 Å². The maximum Gasteiger partial charge on any atom is 0.305 e. The summed E-state index contributed by atoms with van der Waals surface area (Å²) in [6, 6.07) is 11.8. The molecule has 1 heterocycles. The molecule has 0 radical (unpaired) electrons. The highest BCUT2D eigenvalue weighted by molar-refractivity contribution is 6.32. The first-order valence-electron chi connectivity index (χ1n) is 9.57. The first-order valence-corrected chi connectivity index (χ1v) is 9.95. The van der Waals surface area contributed by atoms with Crippen molar-refractivity contribution in [2.24, 2.45) is 0 Å². The van der Waals surface area contributed by atoms with Crippen LogP contribution in [0.3, 0.4) is 0 Å². The molecule has 0 bridgehead atoms. The molecule has 2 N–H and O–H groups in total. The SMILES string of the molecule is CCOc1cc(C(=O)NC(CC(=O)O)c2cccc(F)c2C)nn1-c1ccccc1Cl. The number of carboxylic acids is 1. The smallest absolute Gasteiger partial charge is 0.305 e. The average Bonchev–Trinajstić information content (AvgIpc) is 3.14. The van der Waals surface area contributed by atoms with Crippen LogP contribution < -0.4 is 10.1 Å². The van der Waals surface area contributed by atoms with Crippen molar-refractivity contribution in [3.63, 3.8) is 0 Å². The molecule has 1 aromatic heterocycles. The molecule has 0 aliphatic heterocycles. The molecule has 2 aromatic carbocycles. The summed E-state index contributed by atoms with van der Waals surface area (Å²) in [7, 11) is 0. The van der Waals surface area contributed by atoms with Crippen LogP contribution in [-0.2, 0) is 4.79 Å². The van der Waals surface area contributed by atoms with Crippen molar-refractivity contribution in [1.82, 2.24) is 15.1 Å². The van der Waals surface area contributed by atoms with E-state index in [1.807, 2.05) is 0 Å². The highest BCUT2D eigenvalue weighted by Gasteiger charge is 2.24. The summed E-state index contributed by atoms with van der Waals surface area (Å²) in [5.41, 5.74) is 1.18. The number of carbonyl (C=O) groups excluding carboxylic acids is 1. The Morgan fingerprint density at radius 1 is 1.26 bits per heavy atom. The van der Waals surface area contributed by atoms with Crippen molar-refractivity contribution in [2.75, 3.05) is 6.61 Å². The molecule has 7 nitrogen and oxygen atoms in total. The van der Waals surface area contributed by atoms with Crippen LogP contribution in [-0.4, -0.2) is 33.4 Å². The molecule has 9 heteroatoms. The largest absolute Gasteiger partial charge is 0.481 e. The van der Waals surface area contributed by atoms with Crippen LogP contribution in [0.4, 0.5) is 4.39 Å². The van der Waals surface area contributed by atoms with E-state index in [0.29, 0.717) is 28.8 Å². The molecular formula is C22H21ClFN3O4. The lowest BCUT2D eigenvalue weighted by Gasteiger charge is -2.19. The van der Waals surface area contributed by atoms with Crippen molar-refractivity contribution < 1.29 is 23.8 Å². The lowest BCUT2D eigenvalue weighted by molar-refractivity contribution is -0.137. The van der Waals surface area contributed by atoms with Gasteiger partial charge < -0.3 is 15.2 Å². The van der Waals surface area contributed by atoms with Gasteiger partial charge in [0.15, 0.2) is 5.69 Å². The number of benzene rings is 2. The molecule has 3 rings (SSSR count). The van der Waals surface area contributed by atoms with Crippen LogP contribution in [0.15, 0.2) is 48.5 Å². The predicted molar refractivity (Wildman–Crippen MR) is 113 cm³/mol. The molecule has 0 fully saturated rings. The van der Waals surface area contributed by atoms with E-state index in [0.717, 1.165) is 0 Å². The Balaban J connectivity index is 1.95. The number of aliphatic carboxylic acids is 1. The molecule has 0 aliphatic rings. The first kappa shape index (κ1) is 22.3. The van der Waals surface area contributed by atoms with E-state index >= 15 is 0 Å². The van der Waals surface area contributed by atoms with Crippen molar-refractivity contribution in [3.05, 3.63) is 76.2 Å². The molecule has 0 spiro atoms. The number of ether oxygens (including phenoxy) is 1. The van der Waals surface area contributed by atoms with Crippen LogP contribution in [0.1, 0.15) is 41.0 Å². The first-order chi connectivity index (χ1) is 14.8. The third-order valence-electron chi connectivity index (χ3n) is 4.65. The third kappa shape index (κ3) is 5.03. The lowest BCUT2D eigenvalue weighted by atomic mass is 9.98. The van der Waals surface area contributed by atoms with Gasteiger partial charge in [-0.2, -0.15) is 9.78 Å². The summed E-state index contributed by atoms with van der Waals surface area (Å²) in [4.78, 5) is 24.3. The Kier molecular flexibility index (Phi) is 6.91. The molecule has 1 unspecified atom stereocenters. The average molecular weight is 446 g/mol. The van der Waals surface area contributed by atoms with Crippen LogP contribution in [0.2, 0.25) is 5.02 Å². The number of hydrogen-bond donors (Lipinski definition) is 2. The van der Waals surface area contributed by atoms with Gasteiger partial charge in [-0.3, -0.25) is 9.59 Å². The standard InChI is InChI=1S/C22H21ClFN3O4/c1-3-31-20-11-18(26-27(20)19-10-5-4-8-15(19)23)22(30)25-17(12-21(28)29)14-7-6-9-16(24)13(14)2/h4-11,17H,3,12H2,1-2H3,(H,25,30)(H,28,29). The van der Waals surface area contributed by atoms with Gasteiger partial charge in [-0.05, 0) is 43.2 Å². The number of hydrogen-bond acceptors (Lipinski definition) is 4. The number of rotatable bonds is 8. The minimum atomic E-state index is -1.13. The number of amides is 1. The summed E-state index contributed by atoms with van der Waals surface area (Å²) in [6.07, 6.45) is -0.417. The fourth-order valence-corrected chi connectivity index (χ4v) is 3.38. The maximum atomic E-state index is 14.0. The Bertz CT molecular complexity index is 1120. The van der Waals surface area contributed by atoms with Gasteiger partial charge in [-0.1, -0.05) is 35.9 Å². The second-order valence-electron chi connectivity index (χ2n) is 6.74. The summed E-state index contributed by atoms with van der Waals surface area (Å²) >= 11 is 6.26. The second-order valence-corrected chi connectivity index (χ2v) is 7.15. The van der Waals surface area contributed by atoms with Gasteiger partial charge >= 0.3 is 5.97 Å². The summed E-state index contributed by atoms with van der Waals surface area (Å²) in [5.74, 6) is -1.94. The second kappa shape index (κ2) is 9.61. The van der Waals surface area contributed by atoms with E-state index < -0.39 is 30.2 Å². The van der Waals surface area contributed by atoms with Gasteiger partial charge in [-0.15, -0.1) is 0 Å². The summed E-state index contributed by atoms with van der Waals surface area (Å²) in [5, 5.41) is 16.6. The molecule has 162 valence electrons. The molecule has 31 heavy (non-hydrogen) atoms. The fourth-order valence-electron chi connectivity index (χ4n) is 3.17. The molecule has 0 aliphatic carbocycles. The van der Waals surface area contributed by atoms with Gasteiger partial charge in [0.2, 0.25) is 5.88 Å². The highest BCUT2D eigenvalue weighted by Crippen LogP contribution is 2.27. The zero-order valence-electron chi connectivity index (χ0n) is 16.9. The van der Waals surface area contributed by atoms with Crippen molar-refractivity contribution in [2.45, 2.75) is 26.3 Å². The highest BCUT2D eigenvalue weighted by atomic mass is 35.5. The number of aromatic nitrogens is 2. The summed E-state index contributed by atoms with van der Waals surface area (Å²) < 4.78 is 21.0. The lowest BCUT2D eigenvalue weighted by Crippen LogP contribution is -2.31. The molecular weight excluding hydrogens is 425 g/mol. The van der Waals surface area contributed by atoms with E-state index in [2.05, 4.69) is 10.4 Å². The Labute approximate surface area is 183 Å². The minimum absolute atomic E-state index is 0.00724. The Morgan fingerprint density at radius 2 is 2.00 bits per heavy atom. The normalized spacial score (nSPS) is 11.7. The van der Waals surface area contributed by atoms with Crippen LogP contribution in [0, 0.1) is 12.7 Å². The molecule has 0 saturated carbocycles. The third-order valence-corrected chi connectivity index (χ3v) is 4.97. The van der Waals surface area contributed by atoms with Crippen molar-refractivity contribution in [1.29, 1.82) is 0 Å². The molecule has 1 atom stereocenters. The number of carbonyl (C=O) groups is 2. The van der Waals surface area contributed by atoms with E-state index in [1.165, 1.54) is 29.8 Å². The van der Waals surface area contributed by atoms with Crippen molar-refractivity contribution >= 4 is 23.5 Å². The zero-order chi connectivity index (χ0) is 22.5. The number of halogens is 2. The van der Waals surface area contributed by atoms with Gasteiger partial charge in [-0.25, -0.2) is 4.39 Å². The number of para-hydroxylation sites is 1. The quantitative estimate of drug-likeness (QED) is 0.538. The number of nitrogens with one attached hydrogen (secondary N) is 1. The maximum absolute atomic E-state index is 14.0. The van der Waals surface area contributed by atoms with Gasteiger partial charge in [0.05, 0.1) is 29.8 Å². The van der Waals surface area contributed by atoms with Crippen molar-refractivity contribution in [3.8, 4) is 11.6 Å². The van der Waals surface area contributed by atoms with E-state index in [4.69, 9.17) is 16.3 Å². The van der Waals surface area contributed by atoms with Crippen LogP contribution in [0.25, 0.3) is 5.69 Å². The topological polar surface area (TPSA) is 93.4 Å². The van der Waals surface area contributed by atoms with Crippen LogP contribution >= 0.6 is 11.6 Å². The fraction of sp³-hybridized carbons (Fsp3) is 0.227. The Morgan fingerprint density at radius 3 is 2.68 bits per heavy atom. The van der Waals surface area contributed by atoms with Gasteiger partial charge in [0.25, 0.3) is 5.91 Å². The van der Waals surface area contributed by atoms with Gasteiger partial charge in [0, 0.05) is 6.07 Å². The van der Waals surface area contributed by atoms with E-state index in [-0.39, 0.29) is 11.3 Å². The summed E-state index contributed by atoms with van der Waals surface area (Å²) in [6.45, 7) is 3.66. The number of nitrogens with zero attached hydrogens (tertiary/aromatic N) is 2. The molecule has 3 aromatic rings. The van der Waals surface area contributed by atoms with Gasteiger partial charge in [0.1, 0.15) is 5.82 Å². The van der Waals surface area contributed by atoms with Crippen LogP contribution in [0.5, 0.6) is 5.88 Å². The molecule has 0 saturated heterocycles. The number of carboxylic acid groups (broad SMARTS) is 1. The molecule has 1 amide bonds. The minimum Gasteiger partial charge on any atom is -0.481 e. The zero-order valence-corrected chi connectivity index (χ0v) is 17.7. The predicted octanol–water partition coefficient (Wildman–Crippen LogP) is 4.32. The van der Waals surface area contributed by atoms with E-state index in [1.54, 1.807) is 37.3 Å². The monoisotopic (exact) mass is 445 g/mol. The Hall–Kier alpha value is -3.39.